The van der Waals surface area contributed by atoms with Gasteiger partial charge in [-0.1, -0.05) is 63.1 Å². The summed E-state index contributed by atoms with van der Waals surface area (Å²) in [5, 5.41) is 0. The van der Waals surface area contributed by atoms with Crippen LogP contribution in [0.1, 0.15) is 41.5 Å². The van der Waals surface area contributed by atoms with Gasteiger partial charge in [0.05, 0.1) is 0 Å². The Morgan fingerprint density at radius 3 is 1.35 bits per heavy atom. The van der Waals surface area contributed by atoms with E-state index in [1.807, 2.05) is 0 Å². The topological polar surface area (TPSA) is 0 Å². The summed E-state index contributed by atoms with van der Waals surface area (Å²) in [4.78, 5) is 0. The molecule has 0 heterocycles. The van der Waals surface area contributed by atoms with Crippen LogP contribution < -0.4 is 0 Å². The summed E-state index contributed by atoms with van der Waals surface area (Å²) in [7, 11) is 0. The normalized spacial score (nSPS) is 28.8. The molecule has 2 aliphatic rings. The second kappa shape index (κ2) is 4.01. The van der Waals surface area contributed by atoms with Gasteiger partial charge in [0.25, 0.3) is 0 Å². The molecule has 17 heavy (non-hydrogen) atoms. The molecule has 0 spiro atoms. The molecule has 0 bridgehead atoms. The average molecular weight is 228 g/mol. The molecule has 0 fully saturated rings. The Kier molecular flexibility index (Phi) is 2.93. The molecular weight excluding hydrogens is 204 g/mol. The molecule has 0 aromatic heterocycles. The Bertz CT molecular complexity index is 410. The lowest BCUT2D eigenvalue weighted by Gasteiger charge is -2.30. The molecule has 2 aliphatic carbocycles. The van der Waals surface area contributed by atoms with E-state index >= 15 is 0 Å². The summed E-state index contributed by atoms with van der Waals surface area (Å²) in [6.07, 6.45) is 9.59. The fraction of sp³-hybridized carbons (Fsp3) is 0.529. The Labute approximate surface area is 106 Å². The SMILES string of the molecule is CC1=CC(C)C=C1C(C)(C)C1=CC(C)C=C1C. The van der Waals surface area contributed by atoms with Crippen molar-refractivity contribution in [2.45, 2.75) is 41.5 Å². The van der Waals surface area contributed by atoms with E-state index in [9.17, 15) is 0 Å². The van der Waals surface area contributed by atoms with E-state index in [0.717, 1.165) is 0 Å². The predicted molar refractivity (Wildman–Crippen MR) is 75.8 cm³/mol. The molecule has 2 rings (SSSR count). The van der Waals surface area contributed by atoms with Gasteiger partial charge in [0.2, 0.25) is 0 Å². The first-order valence-corrected chi connectivity index (χ1v) is 6.64. The Morgan fingerprint density at radius 2 is 1.12 bits per heavy atom. The molecule has 0 aromatic rings. The zero-order valence-corrected chi connectivity index (χ0v) is 12.0. The van der Waals surface area contributed by atoms with E-state index in [0.29, 0.717) is 11.8 Å². The van der Waals surface area contributed by atoms with E-state index in [1.165, 1.54) is 22.3 Å². The third-order valence-electron chi connectivity index (χ3n) is 4.08. The summed E-state index contributed by atoms with van der Waals surface area (Å²) in [6, 6.07) is 0. The Balaban J connectivity index is 2.39. The highest BCUT2D eigenvalue weighted by Gasteiger charge is 2.33. The number of allylic oxidation sites excluding steroid dienone is 8. The van der Waals surface area contributed by atoms with Gasteiger partial charge >= 0.3 is 0 Å². The van der Waals surface area contributed by atoms with Crippen molar-refractivity contribution in [1.82, 2.24) is 0 Å². The van der Waals surface area contributed by atoms with Crippen LogP contribution >= 0.6 is 0 Å². The van der Waals surface area contributed by atoms with Crippen LogP contribution in [0.5, 0.6) is 0 Å². The minimum Gasteiger partial charge on any atom is -0.0746 e. The summed E-state index contributed by atoms with van der Waals surface area (Å²) >= 11 is 0. The van der Waals surface area contributed by atoms with E-state index in [-0.39, 0.29) is 5.41 Å². The molecule has 0 radical (unpaired) electrons. The molecule has 0 nitrogen and oxygen atoms in total. The molecule has 0 aliphatic heterocycles. The van der Waals surface area contributed by atoms with Crippen LogP contribution in [0, 0.1) is 17.3 Å². The molecule has 0 saturated heterocycles. The minimum atomic E-state index is 0.149. The first-order chi connectivity index (χ1) is 7.82. The van der Waals surface area contributed by atoms with E-state index in [2.05, 4.69) is 65.8 Å². The van der Waals surface area contributed by atoms with Gasteiger partial charge in [-0.2, -0.15) is 0 Å². The third kappa shape index (κ3) is 2.06. The molecule has 0 aromatic carbocycles. The van der Waals surface area contributed by atoms with Crippen LogP contribution in [-0.4, -0.2) is 0 Å². The molecule has 0 saturated carbocycles. The van der Waals surface area contributed by atoms with E-state index in [1.54, 1.807) is 0 Å². The molecule has 2 unspecified atom stereocenters. The summed E-state index contributed by atoms with van der Waals surface area (Å²) < 4.78 is 0. The first-order valence-electron chi connectivity index (χ1n) is 6.64. The van der Waals surface area contributed by atoms with Crippen molar-refractivity contribution in [3.63, 3.8) is 0 Å². The number of hydrogen-bond acceptors (Lipinski definition) is 0. The van der Waals surface area contributed by atoms with Gasteiger partial charge in [0.1, 0.15) is 0 Å². The van der Waals surface area contributed by atoms with Crippen molar-refractivity contribution in [3.05, 3.63) is 46.6 Å². The van der Waals surface area contributed by atoms with Crippen molar-refractivity contribution in [2.75, 3.05) is 0 Å². The van der Waals surface area contributed by atoms with Crippen LogP contribution in [0.4, 0.5) is 0 Å². The highest BCUT2D eigenvalue weighted by atomic mass is 14.4. The second-order valence-corrected chi connectivity index (χ2v) is 6.20. The van der Waals surface area contributed by atoms with Gasteiger partial charge in [0.15, 0.2) is 0 Å². The maximum absolute atomic E-state index is 2.42. The van der Waals surface area contributed by atoms with Gasteiger partial charge in [-0.05, 0) is 36.8 Å². The summed E-state index contributed by atoms with van der Waals surface area (Å²) in [6.45, 7) is 13.7. The maximum atomic E-state index is 2.42. The zero-order chi connectivity index (χ0) is 12.8. The Hall–Kier alpha value is -1.04. The minimum absolute atomic E-state index is 0.149. The molecule has 92 valence electrons. The predicted octanol–water partition coefficient (Wildman–Crippen LogP) is 5.06. The lowest BCUT2D eigenvalue weighted by Crippen LogP contribution is -2.18. The van der Waals surface area contributed by atoms with Crippen molar-refractivity contribution >= 4 is 0 Å². The largest absolute Gasteiger partial charge is 0.0746 e. The molecule has 0 heteroatoms. The first kappa shape index (κ1) is 12.4. The molecule has 0 N–H and O–H groups in total. The van der Waals surface area contributed by atoms with Crippen LogP contribution in [0.15, 0.2) is 46.6 Å². The van der Waals surface area contributed by atoms with Crippen LogP contribution in [-0.2, 0) is 0 Å². The van der Waals surface area contributed by atoms with Crippen LogP contribution in [0.25, 0.3) is 0 Å². The van der Waals surface area contributed by atoms with Crippen molar-refractivity contribution in [1.29, 1.82) is 0 Å². The summed E-state index contributed by atoms with van der Waals surface area (Å²) in [5.41, 5.74) is 6.08. The van der Waals surface area contributed by atoms with Crippen molar-refractivity contribution in [3.8, 4) is 0 Å². The fourth-order valence-electron chi connectivity index (χ4n) is 3.40. The Morgan fingerprint density at radius 1 is 0.765 bits per heavy atom. The van der Waals surface area contributed by atoms with Crippen LogP contribution in [0.2, 0.25) is 0 Å². The van der Waals surface area contributed by atoms with Crippen molar-refractivity contribution < 1.29 is 0 Å². The highest BCUT2D eigenvalue weighted by Crippen LogP contribution is 2.47. The smallest absolute Gasteiger partial charge is 0.0145 e. The molecule has 2 atom stereocenters. The van der Waals surface area contributed by atoms with Gasteiger partial charge < -0.3 is 0 Å². The average Bonchev–Trinajstić information content (AvgIpc) is 2.70. The van der Waals surface area contributed by atoms with Gasteiger partial charge in [-0.3, -0.25) is 0 Å². The maximum Gasteiger partial charge on any atom is 0.0145 e. The zero-order valence-electron chi connectivity index (χ0n) is 12.0. The summed E-state index contributed by atoms with van der Waals surface area (Å²) in [5.74, 6) is 1.18. The molecular formula is C17H24. The third-order valence-corrected chi connectivity index (χ3v) is 4.08. The van der Waals surface area contributed by atoms with Gasteiger partial charge in [-0.15, -0.1) is 0 Å². The monoisotopic (exact) mass is 228 g/mol. The van der Waals surface area contributed by atoms with E-state index in [4.69, 9.17) is 0 Å². The second-order valence-electron chi connectivity index (χ2n) is 6.20. The lowest BCUT2D eigenvalue weighted by atomic mass is 9.73. The van der Waals surface area contributed by atoms with Gasteiger partial charge in [0, 0.05) is 5.41 Å². The highest BCUT2D eigenvalue weighted by molar-refractivity contribution is 5.52. The van der Waals surface area contributed by atoms with E-state index < -0.39 is 0 Å². The van der Waals surface area contributed by atoms with Crippen LogP contribution in [0.3, 0.4) is 0 Å². The quantitative estimate of drug-likeness (QED) is 0.620. The standard InChI is InChI=1S/C17H24/c1-11-7-13(3)15(9-11)17(5,6)16-10-12(2)8-14(16)4/h7-12H,1-6H3. The fourth-order valence-corrected chi connectivity index (χ4v) is 3.40. The van der Waals surface area contributed by atoms with Crippen molar-refractivity contribution in [2.24, 2.45) is 17.3 Å². The number of rotatable bonds is 2. The van der Waals surface area contributed by atoms with Gasteiger partial charge in [-0.25, -0.2) is 0 Å². The lowest BCUT2D eigenvalue weighted by molar-refractivity contribution is 0.551. The number of hydrogen-bond donors (Lipinski definition) is 0. The molecule has 0 amide bonds.